The van der Waals surface area contributed by atoms with Gasteiger partial charge in [-0.25, -0.2) is 18.6 Å². The molecule has 0 saturated carbocycles. The van der Waals surface area contributed by atoms with Gasteiger partial charge in [0.25, 0.3) is 0 Å². The predicted octanol–water partition coefficient (Wildman–Crippen LogP) is -6.06. The molecule has 0 spiro atoms. The fourth-order valence-corrected chi connectivity index (χ4v) is 0.372. The lowest BCUT2D eigenvalue weighted by atomic mass is 10.9. The van der Waals surface area contributed by atoms with E-state index in [0.29, 0.717) is 0 Å². The first-order valence-electron chi connectivity index (χ1n) is 2.53. The van der Waals surface area contributed by atoms with Gasteiger partial charge >= 0.3 is 5.95 Å². The average Bonchev–Trinajstić information content (AvgIpc) is 2.09. The summed E-state index contributed by atoms with van der Waals surface area (Å²) in [4.78, 5) is 4.48. The van der Waals surface area contributed by atoms with Crippen LogP contribution in [0.2, 0.25) is 0 Å². The molecule has 0 radical (unpaired) electrons. The summed E-state index contributed by atoms with van der Waals surface area (Å²) in [6.07, 6.45) is 1.47. The molecule has 72 valence electrons. The van der Waals surface area contributed by atoms with Crippen molar-refractivity contribution in [1.82, 2.24) is 5.01 Å². The van der Waals surface area contributed by atoms with E-state index in [1.54, 1.807) is 12.1 Å². The van der Waals surface area contributed by atoms with Crippen molar-refractivity contribution >= 4 is 0 Å². The molecule has 0 amide bonds. The summed E-state index contributed by atoms with van der Waals surface area (Å²) < 4.78 is 34.0. The van der Waals surface area contributed by atoms with Crippen molar-refractivity contribution in [2.75, 3.05) is 7.05 Å². The van der Waals surface area contributed by atoms with Gasteiger partial charge in [0.2, 0.25) is 0 Å². The predicted molar refractivity (Wildman–Crippen MR) is 21.5 cm³/mol. The molecule has 0 fully saturated rings. The van der Waals surface area contributed by atoms with E-state index >= 15 is 0 Å². The number of hydrogen-bond donors (Lipinski definition) is 2. The largest absolute Gasteiger partial charge is 0.476 e. The molecule has 0 aromatic heterocycles. The number of halogens is 1. The van der Waals surface area contributed by atoms with E-state index in [1.807, 2.05) is 0 Å². The van der Waals surface area contributed by atoms with Crippen molar-refractivity contribution in [2.45, 2.75) is 0 Å². The van der Waals surface area contributed by atoms with Crippen LogP contribution in [0.25, 0.3) is 0 Å². The Kier molecular flexibility index (Phi) is 4.03. The number of nitrogens with two attached hydrogens (primary N) is 1. The van der Waals surface area contributed by atoms with E-state index in [9.17, 15) is 0 Å². The van der Waals surface area contributed by atoms with Crippen molar-refractivity contribution in [3.63, 3.8) is 0 Å². The Balaban J connectivity index is 0.000000217. The molecule has 0 unspecified atom stereocenters. The summed E-state index contributed by atoms with van der Waals surface area (Å²) in [6.45, 7) is 0. The van der Waals surface area contributed by atoms with Gasteiger partial charge in [0.05, 0.1) is 7.05 Å². The van der Waals surface area contributed by atoms with Crippen molar-refractivity contribution in [1.29, 1.82) is 0 Å². The zero-order valence-corrected chi connectivity index (χ0v) is 6.72. The molecule has 12 heavy (non-hydrogen) atoms. The van der Waals surface area contributed by atoms with Crippen LogP contribution in [0, 0.1) is 10.2 Å². The lowest BCUT2D eigenvalue weighted by molar-refractivity contribution is -2.00. The van der Waals surface area contributed by atoms with Crippen LogP contribution in [0.4, 0.5) is 0 Å². The van der Waals surface area contributed by atoms with E-state index in [0.717, 1.165) is 0 Å². The van der Waals surface area contributed by atoms with Crippen LogP contribution in [0.5, 0.6) is 0 Å². The van der Waals surface area contributed by atoms with Crippen LogP contribution in [0.3, 0.4) is 0 Å². The normalized spacial score (nSPS) is 16.1. The zero-order valence-electron chi connectivity index (χ0n) is 5.97. The molecular weight excluding hydrogens is 195 g/mol. The summed E-state index contributed by atoms with van der Waals surface area (Å²) in [5.41, 5.74) is 1.41. The maximum atomic E-state index is 8.49. The van der Waals surface area contributed by atoms with Gasteiger partial charge in [-0.15, -0.1) is 10.2 Å². The standard InChI is InChI=1S/C3H6N2O2.ClHO4/c1-5-2-3(6)7-4-5;2-1(3,4)5/h2,4,6H,1H3;(H,2,3,4,5). The lowest BCUT2D eigenvalue weighted by Crippen LogP contribution is -2.87. The smallest absolute Gasteiger partial charge is 0.365 e. The number of aliphatic hydroxyl groups is 1. The Morgan fingerprint density at radius 2 is 1.92 bits per heavy atom. The summed E-state index contributed by atoms with van der Waals surface area (Å²) in [6, 6.07) is 0. The second-order valence-electron chi connectivity index (χ2n) is 1.73. The topological polar surface area (TPSA) is 142 Å². The molecule has 0 aromatic rings. The highest BCUT2D eigenvalue weighted by Crippen LogP contribution is 1.88. The quantitative estimate of drug-likeness (QED) is 0.372. The molecule has 9 heteroatoms. The minimum atomic E-state index is -4.94. The number of quaternary nitrogens is 1. The molecule has 0 saturated heterocycles. The highest BCUT2D eigenvalue weighted by atomic mass is 35.7. The Bertz CT molecular complexity index is 161. The van der Waals surface area contributed by atoms with Crippen LogP contribution in [0.1, 0.15) is 0 Å². The van der Waals surface area contributed by atoms with Crippen molar-refractivity contribution in [3.8, 4) is 0 Å². The first kappa shape index (κ1) is 11.2. The van der Waals surface area contributed by atoms with E-state index in [-0.39, 0.29) is 5.95 Å². The fraction of sp³-hybridized carbons (Fsp3) is 0.333. The van der Waals surface area contributed by atoms with Gasteiger partial charge in [0.15, 0.2) is 0 Å². The molecule has 1 rings (SSSR count). The first-order valence-corrected chi connectivity index (χ1v) is 3.77. The molecule has 1 aliphatic heterocycles. The summed E-state index contributed by atoms with van der Waals surface area (Å²) in [5, 5.41) is 10.1. The molecule has 3 N–H and O–H groups in total. The molecule has 0 atom stereocenters. The minimum Gasteiger partial charge on any atom is -0.476 e. The molecular formula is C3H7ClN2O6. The molecule has 0 aromatic carbocycles. The Hall–Kier alpha value is -0.770. The zero-order chi connectivity index (χ0) is 9.78. The van der Waals surface area contributed by atoms with Crippen LogP contribution in [0.15, 0.2) is 12.1 Å². The van der Waals surface area contributed by atoms with E-state index < -0.39 is 10.2 Å². The van der Waals surface area contributed by atoms with E-state index in [2.05, 4.69) is 4.84 Å². The van der Waals surface area contributed by atoms with Crippen LogP contribution >= 0.6 is 0 Å². The first-order chi connectivity index (χ1) is 5.29. The van der Waals surface area contributed by atoms with Crippen LogP contribution in [-0.2, 0) is 4.84 Å². The Morgan fingerprint density at radius 3 is 2.00 bits per heavy atom. The van der Waals surface area contributed by atoms with Gasteiger partial charge in [-0.1, -0.05) is 5.59 Å². The van der Waals surface area contributed by atoms with Crippen LogP contribution in [-0.4, -0.2) is 17.2 Å². The maximum absolute atomic E-state index is 8.49. The SMILES string of the molecule is CN1C=C(O)O[NH2+]1.[O-][Cl+3]([O-])([O-])[O-]. The van der Waals surface area contributed by atoms with Gasteiger partial charge in [-0.05, 0) is 0 Å². The van der Waals surface area contributed by atoms with Gasteiger partial charge in [0, 0.05) is 0 Å². The van der Waals surface area contributed by atoms with Gasteiger partial charge in [0.1, 0.15) is 6.20 Å². The number of nitrogens with zero attached hydrogens (tertiary/aromatic N) is 1. The molecule has 0 bridgehead atoms. The third-order valence-corrected chi connectivity index (χ3v) is 0.654. The average molecular weight is 203 g/mol. The monoisotopic (exact) mass is 202 g/mol. The van der Waals surface area contributed by atoms with Crippen LogP contribution < -0.4 is 24.2 Å². The summed E-state index contributed by atoms with van der Waals surface area (Å²) in [7, 11) is -3.18. The van der Waals surface area contributed by atoms with Crippen molar-refractivity contribution in [2.24, 2.45) is 0 Å². The molecule has 0 aliphatic carbocycles. The molecule has 8 nitrogen and oxygen atoms in total. The number of hydrogen-bond acceptors (Lipinski definition) is 7. The summed E-state index contributed by atoms with van der Waals surface area (Å²) in [5.74, 6) is -0.0532. The van der Waals surface area contributed by atoms with Gasteiger partial charge in [-0.3, -0.25) is 4.84 Å². The number of rotatable bonds is 0. The fourth-order valence-electron chi connectivity index (χ4n) is 0.372. The van der Waals surface area contributed by atoms with Gasteiger partial charge in [-0.2, -0.15) is 5.01 Å². The Labute approximate surface area is 69.6 Å². The molecule has 1 aliphatic rings. The van der Waals surface area contributed by atoms with E-state index in [1.165, 1.54) is 11.8 Å². The van der Waals surface area contributed by atoms with Gasteiger partial charge < -0.3 is 5.11 Å². The second kappa shape index (κ2) is 4.30. The van der Waals surface area contributed by atoms with E-state index in [4.69, 9.17) is 23.7 Å². The highest BCUT2D eigenvalue weighted by Gasteiger charge is 2.09. The Morgan fingerprint density at radius 1 is 1.50 bits per heavy atom. The minimum absolute atomic E-state index is 0.0532. The second-order valence-corrected chi connectivity index (χ2v) is 2.49. The van der Waals surface area contributed by atoms with Crippen molar-refractivity contribution < 1.29 is 44.4 Å². The third kappa shape index (κ3) is 9.23. The number of aliphatic hydroxyl groups excluding tert-OH is 1. The van der Waals surface area contributed by atoms with Crippen molar-refractivity contribution in [3.05, 3.63) is 12.1 Å². The maximum Gasteiger partial charge on any atom is 0.365 e. The third-order valence-electron chi connectivity index (χ3n) is 0.654. The molecule has 1 heterocycles. The highest BCUT2D eigenvalue weighted by molar-refractivity contribution is 4.75. The summed E-state index contributed by atoms with van der Waals surface area (Å²) >= 11 is 0. The lowest BCUT2D eigenvalue weighted by Gasteiger charge is -2.17.